The van der Waals surface area contributed by atoms with Crippen molar-refractivity contribution in [3.05, 3.63) is 78.0 Å². The molecular formula is C30H31ClN8O5. The number of piperazine rings is 1. The summed E-state index contributed by atoms with van der Waals surface area (Å²) in [5.41, 5.74) is 1.52. The van der Waals surface area contributed by atoms with Gasteiger partial charge in [0, 0.05) is 56.7 Å². The number of nitrogens with zero attached hydrogens (tertiary/aromatic N) is 6. The van der Waals surface area contributed by atoms with Gasteiger partial charge in [-0.05, 0) is 42.0 Å². The van der Waals surface area contributed by atoms with E-state index in [1.807, 2.05) is 23.1 Å². The second-order valence-corrected chi connectivity index (χ2v) is 10.6. The SMILES string of the molecule is COc1ccc(NC(=O)N2CCN(c3cc(Cl)nc(-n4ccnc4)n3)C(CC(=O)NCc3ccc4c(c3)OCCO4)C2)cc1. The quantitative estimate of drug-likeness (QED) is 0.284. The molecule has 0 aliphatic carbocycles. The first-order valence-electron chi connectivity index (χ1n) is 14.1. The minimum atomic E-state index is -0.396. The van der Waals surface area contributed by atoms with Gasteiger partial charge in [-0.2, -0.15) is 4.98 Å². The number of urea groups is 1. The number of amides is 3. The third-order valence-corrected chi connectivity index (χ3v) is 7.52. The van der Waals surface area contributed by atoms with Gasteiger partial charge in [0.15, 0.2) is 11.5 Å². The van der Waals surface area contributed by atoms with Crippen LogP contribution in [0, 0.1) is 0 Å². The van der Waals surface area contributed by atoms with Crippen LogP contribution < -0.4 is 29.7 Å². The molecule has 2 aliphatic heterocycles. The van der Waals surface area contributed by atoms with Gasteiger partial charge in [-0.25, -0.2) is 14.8 Å². The molecule has 3 amide bonds. The van der Waals surface area contributed by atoms with Crippen LogP contribution >= 0.6 is 11.6 Å². The number of halogens is 1. The highest BCUT2D eigenvalue weighted by Crippen LogP contribution is 2.31. The normalized spacial score (nSPS) is 15.9. The molecule has 44 heavy (non-hydrogen) atoms. The van der Waals surface area contributed by atoms with Gasteiger partial charge in [0.05, 0.1) is 13.2 Å². The number of carbonyl (C=O) groups is 2. The van der Waals surface area contributed by atoms with Crippen LogP contribution in [0.2, 0.25) is 5.15 Å². The summed E-state index contributed by atoms with van der Waals surface area (Å²) in [6.07, 6.45) is 5.04. The number of fused-ring (bicyclic) bond motifs is 1. The van der Waals surface area contributed by atoms with Crippen molar-refractivity contribution in [3.8, 4) is 23.2 Å². The Kier molecular flexibility index (Phi) is 8.64. The first kappa shape index (κ1) is 29.1. The van der Waals surface area contributed by atoms with Crippen LogP contribution in [0.4, 0.5) is 16.3 Å². The average molecular weight is 619 g/mol. The van der Waals surface area contributed by atoms with Crippen LogP contribution in [0.1, 0.15) is 12.0 Å². The lowest BCUT2D eigenvalue weighted by Gasteiger charge is -2.42. The fraction of sp³-hybridized carbons (Fsp3) is 0.300. The van der Waals surface area contributed by atoms with Crippen molar-refractivity contribution >= 4 is 35.0 Å². The highest BCUT2D eigenvalue weighted by Gasteiger charge is 2.33. The van der Waals surface area contributed by atoms with E-state index in [4.69, 9.17) is 30.8 Å². The number of methoxy groups -OCH3 is 1. The van der Waals surface area contributed by atoms with Crippen molar-refractivity contribution < 1.29 is 23.8 Å². The predicted octanol–water partition coefficient (Wildman–Crippen LogP) is 3.52. The van der Waals surface area contributed by atoms with Crippen LogP contribution in [0.5, 0.6) is 17.2 Å². The fourth-order valence-corrected chi connectivity index (χ4v) is 5.28. The second-order valence-electron chi connectivity index (χ2n) is 10.2. The van der Waals surface area contributed by atoms with Crippen molar-refractivity contribution in [1.29, 1.82) is 0 Å². The van der Waals surface area contributed by atoms with Crippen molar-refractivity contribution in [1.82, 2.24) is 29.7 Å². The molecule has 0 bridgehead atoms. The molecule has 14 heteroatoms. The lowest BCUT2D eigenvalue weighted by molar-refractivity contribution is -0.121. The molecule has 0 radical (unpaired) electrons. The highest BCUT2D eigenvalue weighted by molar-refractivity contribution is 6.29. The molecule has 2 aromatic carbocycles. The zero-order chi connectivity index (χ0) is 30.5. The van der Waals surface area contributed by atoms with E-state index in [0.29, 0.717) is 67.6 Å². The molecule has 1 fully saturated rings. The second kappa shape index (κ2) is 13.1. The Morgan fingerprint density at radius 2 is 1.86 bits per heavy atom. The Morgan fingerprint density at radius 3 is 2.64 bits per heavy atom. The molecule has 1 unspecified atom stereocenters. The van der Waals surface area contributed by atoms with E-state index in [9.17, 15) is 9.59 Å². The van der Waals surface area contributed by atoms with Crippen LogP contribution in [-0.2, 0) is 11.3 Å². The van der Waals surface area contributed by atoms with E-state index in [2.05, 4.69) is 20.6 Å². The average Bonchev–Trinajstić information content (AvgIpc) is 3.59. The summed E-state index contributed by atoms with van der Waals surface area (Å²) in [5.74, 6) is 2.77. The van der Waals surface area contributed by atoms with Crippen molar-refractivity contribution in [2.75, 3.05) is 50.2 Å². The molecule has 2 aliphatic rings. The maximum Gasteiger partial charge on any atom is 0.321 e. The molecule has 13 nitrogen and oxygen atoms in total. The number of ether oxygens (including phenoxy) is 3. The minimum absolute atomic E-state index is 0.110. The largest absolute Gasteiger partial charge is 0.497 e. The van der Waals surface area contributed by atoms with E-state index in [1.165, 1.54) is 0 Å². The molecule has 1 atom stereocenters. The predicted molar refractivity (Wildman–Crippen MR) is 163 cm³/mol. The Hall–Kier alpha value is -5.04. The summed E-state index contributed by atoms with van der Waals surface area (Å²) in [4.78, 5) is 43.4. The van der Waals surface area contributed by atoms with Crippen LogP contribution in [0.15, 0.2) is 67.3 Å². The number of hydrogen-bond acceptors (Lipinski definition) is 9. The fourth-order valence-electron chi connectivity index (χ4n) is 5.11. The molecule has 6 rings (SSSR count). The van der Waals surface area contributed by atoms with Gasteiger partial charge in [0.1, 0.15) is 36.3 Å². The molecule has 0 saturated carbocycles. The molecule has 2 N–H and O–H groups in total. The van der Waals surface area contributed by atoms with Gasteiger partial charge >= 0.3 is 6.03 Å². The van der Waals surface area contributed by atoms with E-state index < -0.39 is 6.04 Å². The summed E-state index contributed by atoms with van der Waals surface area (Å²) in [7, 11) is 1.59. The van der Waals surface area contributed by atoms with Gasteiger partial charge in [-0.1, -0.05) is 17.7 Å². The van der Waals surface area contributed by atoms with E-state index in [1.54, 1.807) is 65.6 Å². The molecule has 1 saturated heterocycles. The van der Waals surface area contributed by atoms with E-state index in [0.717, 1.165) is 5.56 Å². The summed E-state index contributed by atoms with van der Waals surface area (Å²) in [5, 5.41) is 6.18. The lowest BCUT2D eigenvalue weighted by Crippen LogP contribution is -2.57. The Morgan fingerprint density at radius 1 is 1.05 bits per heavy atom. The maximum absolute atomic E-state index is 13.3. The van der Waals surface area contributed by atoms with Gasteiger partial charge in [-0.15, -0.1) is 0 Å². The number of benzene rings is 2. The molecule has 4 heterocycles. The third kappa shape index (κ3) is 6.78. The molecule has 0 spiro atoms. The van der Waals surface area contributed by atoms with Crippen molar-refractivity contribution in [3.63, 3.8) is 0 Å². The van der Waals surface area contributed by atoms with Crippen LogP contribution in [-0.4, -0.2) is 82.4 Å². The number of hydrogen-bond donors (Lipinski definition) is 2. The molecule has 2 aromatic heterocycles. The first-order chi connectivity index (χ1) is 21.4. The summed E-state index contributed by atoms with van der Waals surface area (Å²) in [6.45, 7) is 2.41. The van der Waals surface area contributed by atoms with Gasteiger partial charge in [-0.3, -0.25) is 9.36 Å². The van der Waals surface area contributed by atoms with E-state index >= 15 is 0 Å². The minimum Gasteiger partial charge on any atom is -0.497 e. The van der Waals surface area contributed by atoms with Gasteiger partial charge in [0.25, 0.3) is 0 Å². The smallest absolute Gasteiger partial charge is 0.321 e. The summed E-state index contributed by atoms with van der Waals surface area (Å²) in [6, 6.07) is 13.7. The number of nitrogens with one attached hydrogen (secondary N) is 2. The standard InChI is InChI=1S/C30H31ClN8O5/c1-42-23-5-3-21(4-6-23)34-30(41)37-10-11-39(27-16-26(31)35-29(36-27)38-9-8-32-19-38)22(18-37)15-28(40)33-17-20-2-7-24-25(14-20)44-13-12-43-24/h2-9,14,16,19,22H,10-13,15,17-18H2,1H3,(H,33,40)(H,34,41). The number of anilines is 2. The number of rotatable bonds is 8. The zero-order valence-corrected chi connectivity index (χ0v) is 24.7. The Balaban J connectivity index is 1.18. The zero-order valence-electron chi connectivity index (χ0n) is 24.0. The van der Waals surface area contributed by atoms with Crippen LogP contribution in [0.25, 0.3) is 5.95 Å². The topological polar surface area (TPSA) is 136 Å². The Bertz CT molecular complexity index is 1620. The Labute approximate surface area is 258 Å². The van der Waals surface area contributed by atoms with Crippen LogP contribution in [0.3, 0.4) is 0 Å². The number of imidazole rings is 1. The van der Waals surface area contributed by atoms with Crippen molar-refractivity contribution in [2.45, 2.75) is 19.0 Å². The lowest BCUT2D eigenvalue weighted by atomic mass is 10.1. The summed E-state index contributed by atoms with van der Waals surface area (Å²) < 4.78 is 18.1. The van der Waals surface area contributed by atoms with Crippen molar-refractivity contribution in [2.24, 2.45) is 0 Å². The highest BCUT2D eigenvalue weighted by atomic mass is 35.5. The number of carbonyl (C=O) groups excluding carboxylic acids is 2. The molecule has 228 valence electrons. The number of aromatic nitrogens is 4. The van der Waals surface area contributed by atoms with Gasteiger partial charge < -0.3 is 34.6 Å². The summed E-state index contributed by atoms with van der Waals surface area (Å²) >= 11 is 6.41. The third-order valence-electron chi connectivity index (χ3n) is 7.33. The van der Waals surface area contributed by atoms with E-state index in [-0.39, 0.29) is 30.1 Å². The molecular weight excluding hydrogens is 588 g/mol. The first-order valence-corrected chi connectivity index (χ1v) is 14.5. The van der Waals surface area contributed by atoms with Gasteiger partial charge in [0.2, 0.25) is 11.9 Å². The maximum atomic E-state index is 13.3. The molecule has 4 aromatic rings. The monoisotopic (exact) mass is 618 g/mol.